The van der Waals surface area contributed by atoms with E-state index in [0.29, 0.717) is 18.6 Å². The molecule has 0 spiro atoms. The van der Waals surface area contributed by atoms with Crippen molar-refractivity contribution < 1.29 is 14.2 Å². The molecule has 1 fully saturated rings. The van der Waals surface area contributed by atoms with Crippen molar-refractivity contribution in [1.82, 2.24) is 0 Å². The minimum Gasteiger partial charge on any atom is -0.497 e. The normalized spacial score (nSPS) is 18.0. The zero-order valence-corrected chi connectivity index (χ0v) is 8.44. The van der Waals surface area contributed by atoms with Crippen molar-refractivity contribution in [3.05, 3.63) is 28.5 Å². The van der Waals surface area contributed by atoms with Gasteiger partial charge in [-0.2, -0.15) is 0 Å². The summed E-state index contributed by atoms with van der Waals surface area (Å²) < 4.78 is 18.4. The van der Waals surface area contributed by atoms with Gasteiger partial charge in [-0.1, -0.05) is 11.6 Å². The third-order valence-corrected chi connectivity index (χ3v) is 2.74. The van der Waals surface area contributed by atoms with E-state index in [1.165, 1.54) is 19.2 Å². The molecule has 1 aromatic rings. The Morgan fingerprint density at radius 2 is 2.14 bits per heavy atom. The van der Waals surface area contributed by atoms with Crippen LogP contribution in [0.3, 0.4) is 0 Å². The maximum Gasteiger partial charge on any atom is 0.134 e. The highest BCUT2D eigenvalue weighted by Gasteiger charge is 2.45. The highest BCUT2D eigenvalue weighted by atomic mass is 35.5. The highest BCUT2D eigenvalue weighted by molar-refractivity contribution is 6.31. The van der Waals surface area contributed by atoms with Gasteiger partial charge in [0.05, 0.1) is 17.7 Å². The van der Waals surface area contributed by atoms with Crippen LogP contribution in [0.4, 0.5) is 4.39 Å². The minimum atomic E-state index is -1.05. The van der Waals surface area contributed by atoms with Gasteiger partial charge in [-0.3, -0.25) is 0 Å². The fraction of sp³-hybridized carbons (Fsp3) is 0.400. The molecule has 1 aliphatic carbocycles. The molecule has 1 aliphatic rings. The van der Waals surface area contributed by atoms with Crippen molar-refractivity contribution in [2.24, 2.45) is 0 Å². The van der Waals surface area contributed by atoms with Crippen molar-refractivity contribution in [2.45, 2.75) is 18.4 Å². The Labute approximate surface area is 86.3 Å². The quantitative estimate of drug-likeness (QED) is 0.823. The molecule has 2 rings (SSSR count). The van der Waals surface area contributed by atoms with Crippen LogP contribution in [0.15, 0.2) is 12.1 Å². The second-order valence-corrected chi connectivity index (χ2v) is 3.90. The van der Waals surface area contributed by atoms with Gasteiger partial charge in [0.25, 0.3) is 0 Å². The lowest BCUT2D eigenvalue weighted by Crippen LogP contribution is -2.08. The van der Waals surface area contributed by atoms with E-state index in [0.717, 1.165) is 0 Å². The molecule has 0 unspecified atom stereocenters. The van der Waals surface area contributed by atoms with Gasteiger partial charge in [-0.25, -0.2) is 4.39 Å². The molecule has 0 amide bonds. The number of methoxy groups -OCH3 is 1. The molecule has 0 saturated heterocycles. The van der Waals surface area contributed by atoms with Gasteiger partial charge in [0, 0.05) is 11.6 Å². The third kappa shape index (κ3) is 1.47. The molecule has 0 atom stereocenters. The number of ether oxygens (including phenoxy) is 1. The predicted octanol–water partition coefficient (Wildman–Crippen LogP) is 2.47. The fourth-order valence-corrected chi connectivity index (χ4v) is 1.85. The van der Waals surface area contributed by atoms with E-state index in [2.05, 4.69) is 0 Å². The Morgan fingerprint density at radius 3 is 2.57 bits per heavy atom. The van der Waals surface area contributed by atoms with Crippen LogP contribution in [-0.2, 0) is 5.60 Å². The molecule has 76 valence electrons. The average Bonchev–Trinajstić information content (AvgIpc) is 2.82. The number of halogens is 2. The van der Waals surface area contributed by atoms with E-state index < -0.39 is 11.4 Å². The second kappa shape index (κ2) is 3.11. The molecule has 14 heavy (non-hydrogen) atoms. The molecular formula is C10H10ClFO2. The van der Waals surface area contributed by atoms with E-state index in [-0.39, 0.29) is 10.6 Å². The minimum absolute atomic E-state index is 0.194. The number of aliphatic hydroxyl groups is 1. The Balaban J connectivity index is 2.50. The van der Waals surface area contributed by atoms with Gasteiger partial charge in [0.2, 0.25) is 0 Å². The Hall–Kier alpha value is -0.800. The molecule has 1 N–H and O–H groups in total. The molecule has 1 saturated carbocycles. The van der Waals surface area contributed by atoms with Gasteiger partial charge in [-0.15, -0.1) is 0 Å². The monoisotopic (exact) mass is 216 g/mol. The van der Waals surface area contributed by atoms with E-state index in [1.54, 1.807) is 0 Å². The zero-order chi connectivity index (χ0) is 10.3. The molecule has 2 nitrogen and oxygen atoms in total. The molecule has 0 radical (unpaired) electrons. The lowest BCUT2D eigenvalue weighted by molar-refractivity contribution is 0.146. The molecular weight excluding hydrogens is 207 g/mol. The third-order valence-electron chi connectivity index (χ3n) is 2.44. The average molecular weight is 217 g/mol. The molecule has 1 aromatic carbocycles. The number of benzene rings is 1. The fourth-order valence-electron chi connectivity index (χ4n) is 1.48. The maximum atomic E-state index is 13.5. The first kappa shape index (κ1) is 9.74. The van der Waals surface area contributed by atoms with Crippen molar-refractivity contribution in [2.75, 3.05) is 7.11 Å². The maximum absolute atomic E-state index is 13.5. The van der Waals surface area contributed by atoms with Crippen LogP contribution in [0.25, 0.3) is 0 Å². The lowest BCUT2D eigenvalue weighted by atomic mass is 10.1. The van der Waals surface area contributed by atoms with Gasteiger partial charge in [0.1, 0.15) is 11.6 Å². The van der Waals surface area contributed by atoms with E-state index >= 15 is 0 Å². The molecule has 0 aliphatic heterocycles. The second-order valence-electron chi connectivity index (χ2n) is 3.50. The summed E-state index contributed by atoms with van der Waals surface area (Å²) in [5.74, 6) is -0.144. The van der Waals surface area contributed by atoms with Gasteiger partial charge >= 0.3 is 0 Å². The standard InChI is InChI=1S/C10H10ClFO2/c1-14-6-4-7(11)9(8(12)5-6)10(13)2-3-10/h4-5,13H,2-3H2,1H3. The summed E-state index contributed by atoms with van der Waals surface area (Å²) in [5.41, 5.74) is -0.854. The van der Waals surface area contributed by atoms with Crippen LogP contribution in [0, 0.1) is 5.82 Å². The lowest BCUT2D eigenvalue weighted by Gasteiger charge is -2.12. The Morgan fingerprint density at radius 1 is 1.50 bits per heavy atom. The largest absolute Gasteiger partial charge is 0.497 e. The summed E-state index contributed by atoms with van der Waals surface area (Å²) in [6.45, 7) is 0. The summed E-state index contributed by atoms with van der Waals surface area (Å²) in [5, 5.41) is 9.98. The van der Waals surface area contributed by atoms with Crippen LogP contribution in [-0.4, -0.2) is 12.2 Å². The summed E-state index contributed by atoms with van der Waals surface area (Å²) in [7, 11) is 1.44. The first-order valence-corrected chi connectivity index (χ1v) is 4.70. The summed E-state index contributed by atoms with van der Waals surface area (Å²) in [4.78, 5) is 0. The molecule has 0 bridgehead atoms. The SMILES string of the molecule is COc1cc(F)c(C2(O)CC2)c(Cl)c1. The van der Waals surface area contributed by atoms with Crippen LogP contribution >= 0.6 is 11.6 Å². The molecule has 0 aromatic heterocycles. The first-order valence-electron chi connectivity index (χ1n) is 4.33. The number of rotatable bonds is 2. The van der Waals surface area contributed by atoms with Crippen LogP contribution in [0.1, 0.15) is 18.4 Å². The van der Waals surface area contributed by atoms with Crippen molar-refractivity contribution >= 4 is 11.6 Å². The van der Waals surface area contributed by atoms with Gasteiger partial charge in [-0.05, 0) is 18.9 Å². The predicted molar refractivity (Wildman–Crippen MR) is 51.1 cm³/mol. The van der Waals surface area contributed by atoms with E-state index in [4.69, 9.17) is 16.3 Å². The van der Waals surface area contributed by atoms with Crippen LogP contribution < -0.4 is 4.74 Å². The highest BCUT2D eigenvalue weighted by Crippen LogP contribution is 2.49. The van der Waals surface area contributed by atoms with Gasteiger partial charge < -0.3 is 9.84 Å². The Bertz CT molecular complexity index is 351. The summed E-state index contributed by atoms with van der Waals surface area (Å²) in [6.07, 6.45) is 1.13. The topological polar surface area (TPSA) is 29.5 Å². The molecule has 4 heteroatoms. The van der Waals surface area contributed by atoms with E-state index in [9.17, 15) is 9.50 Å². The number of hydrogen-bond donors (Lipinski definition) is 1. The molecule has 0 heterocycles. The van der Waals surface area contributed by atoms with E-state index in [1.807, 2.05) is 0 Å². The van der Waals surface area contributed by atoms with Crippen molar-refractivity contribution in [1.29, 1.82) is 0 Å². The van der Waals surface area contributed by atoms with Crippen molar-refractivity contribution in [3.63, 3.8) is 0 Å². The summed E-state index contributed by atoms with van der Waals surface area (Å²) in [6, 6.07) is 2.74. The van der Waals surface area contributed by atoms with Crippen molar-refractivity contribution in [3.8, 4) is 5.75 Å². The van der Waals surface area contributed by atoms with Gasteiger partial charge in [0.15, 0.2) is 0 Å². The smallest absolute Gasteiger partial charge is 0.134 e. The first-order chi connectivity index (χ1) is 6.57. The Kier molecular flexibility index (Phi) is 2.16. The van der Waals surface area contributed by atoms with Crippen LogP contribution in [0.5, 0.6) is 5.75 Å². The van der Waals surface area contributed by atoms with Crippen LogP contribution in [0.2, 0.25) is 5.02 Å². The summed E-state index contributed by atoms with van der Waals surface area (Å²) >= 11 is 5.86. The zero-order valence-electron chi connectivity index (χ0n) is 7.68. The number of hydrogen-bond acceptors (Lipinski definition) is 2.